The van der Waals surface area contributed by atoms with Crippen molar-refractivity contribution in [2.45, 2.75) is 70.6 Å². The van der Waals surface area contributed by atoms with E-state index in [1.54, 1.807) is 43.0 Å². The first-order valence-electron chi connectivity index (χ1n) is 21.1. The summed E-state index contributed by atoms with van der Waals surface area (Å²) in [7, 11) is 4.98. The number of likely N-dealkylation sites (N-methyl/N-ethyl adjacent to an activating group) is 1. The number of imide groups is 1. The lowest BCUT2D eigenvalue weighted by atomic mass is 10.0. The van der Waals surface area contributed by atoms with E-state index in [0.717, 1.165) is 4.90 Å². The zero-order valence-electron chi connectivity index (χ0n) is 36.9. The Hall–Kier alpha value is -5.87. The second-order valence-corrected chi connectivity index (χ2v) is 15.7. The number of carbonyl (C=O) groups is 9. The molecule has 0 radical (unpaired) electrons. The number of primary amides is 1. The van der Waals surface area contributed by atoms with Gasteiger partial charge in [0.1, 0.15) is 12.1 Å². The first kappa shape index (κ1) is 51.5. The number of urea groups is 1. The molecule has 7 N–H and O–H groups in total. The summed E-state index contributed by atoms with van der Waals surface area (Å²) in [5.74, 6) is -3.24. The molecule has 1 aromatic rings. The molecular formula is C41H64N10O12. The summed E-state index contributed by atoms with van der Waals surface area (Å²) >= 11 is 0. The molecule has 0 saturated carbocycles. The van der Waals surface area contributed by atoms with Crippen molar-refractivity contribution in [2.24, 2.45) is 11.7 Å². The van der Waals surface area contributed by atoms with Gasteiger partial charge in [0, 0.05) is 96.8 Å². The molecule has 0 bridgehead atoms. The van der Waals surface area contributed by atoms with E-state index in [4.69, 9.17) is 19.9 Å². The van der Waals surface area contributed by atoms with E-state index in [2.05, 4.69) is 31.5 Å². The summed E-state index contributed by atoms with van der Waals surface area (Å²) in [5.41, 5.74) is 5.92. The van der Waals surface area contributed by atoms with Crippen LogP contribution in [0.1, 0.15) is 64.0 Å². The van der Waals surface area contributed by atoms with Crippen LogP contribution in [0.25, 0.3) is 0 Å². The highest BCUT2D eigenvalue weighted by molar-refractivity contribution is 6.02. The fourth-order valence-electron chi connectivity index (χ4n) is 6.38. The monoisotopic (exact) mass is 888 g/mol. The van der Waals surface area contributed by atoms with Crippen LogP contribution in [-0.4, -0.2) is 179 Å². The molecule has 2 fully saturated rings. The van der Waals surface area contributed by atoms with E-state index in [0.29, 0.717) is 37.4 Å². The van der Waals surface area contributed by atoms with Gasteiger partial charge >= 0.3 is 12.1 Å². The lowest BCUT2D eigenvalue weighted by Crippen LogP contribution is -2.54. The average Bonchev–Trinajstić information content (AvgIpc) is 3.56. The largest absolute Gasteiger partial charge is 0.431 e. The van der Waals surface area contributed by atoms with Crippen molar-refractivity contribution in [1.82, 2.24) is 40.9 Å². The van der Waals surface area contributed by atoms with Crippen molar-refractivity contribution in [3.63, 3.8) is 0 Å². The minimum absolute atomic E-state index is 0.00771. The summed E-state index contributed by atoms with van der Waals surface area (Å²) in [6.45, 7) is 6.75. The van der Waals surface area contributed by atoms with Gasteiger partial charge in [0.25, 0.3) is 5.91 Å². The normalized spacial score (nSPS) is 15.6. The first-order chi connectivity index (χ1) is 30.0. The molecule has 2 saturated heterocycles. The summed E-state index contributed by atoms with van der Waals surface area (Å²) in [6, 6.07) is 3.39. The lowest BCUT2D eigenvalue weighted by Gasteiger charge is -2.34. The van der Waals surface area contributed by atoms with Gasteiger partial charge in [0.15, 0.2) is 0 Å². The number of rotatable bonds is 25. The van der Waals surface area contributed by atoms with Gasteiger partial charge in [-0.1, -0.05) is 26.0 Å². The highest BCUT2D eigenvalue weighted by atomic mass is 16.6. The number of hydrogen-bond donors (Lipinski definition) is 6. The molecule has 1 unspecified atom stereocenters. The highest BCUT2D eigenvalue weighted by Crippen LogP contribution is 2.24. The molecule has 2 aliphatic rings. The number of likely N-dealkylation sites (tertiary alicyclic amines) is 1. The van der Waals surface area contributed by atoms with Gasteiger partial charge in [-0.3, -0.25) is 38.5 Å². The quantitative estimate of drug-likeness (QED) is 0.0524. The van der Waals surface area contributed by atoms with E-state index in [9.17, 15) is 43.2 Å². The van der Waals surface area contributed by atoms with Crippen molar-refractivity contribution in [1.29, 1.82) is 0 Å². The SMILES string of the molecule is CC(C)[C@H](NC(=O)CCOCCOCCNC(=O)CCN1C(=O)CCC1=O)C(=O)N[C@@H](CCCNC(N)=O)C(=O)Nc1ccc(C(OC(=O)N(C)C)C(=O)N2CCN(C)CC2)cc1. The van der Waals surface area contributed by atoms with Gasteiger partial charge in [-0.2, -0.15) is 0 Å². The Morgan fingerprint density at radius 2 is 1.41 bits per heavy atom. The number of hydrogen-bond acceptors (Lipinski definition) is 13. The van der Waals surface area contributed by atoms with E-state index >= 15 is 0 Å². The van der Waals surface area contributed by atoms with Gasteiger partial charge in [0.2, 0.25) is 41.5 Å². The van der Waals surface area contributed by atoms with E-state index in [1.807, 2.05) is 7.05 Å². The van der Waals surface area contributed by atoms with Crippen LogP contribution in [0.15, 0.2) is 24.3 Å². The molecule has 3 atom stereocenters. The molecular weight excluding hydrogens is 825 g/mol. The molecule has 1 aromatic carbocycles. The van der Waals surface area contributed by atoms with E-state index in [1.165, 1.54) is 19.0 Å². The molecule has 350 valence electrons. The second-order valence-electron chi connectivity index (χ2n) is 15.7. The maximum Gasteiger partial charge on any atom is 0.410 e. The molecule has 22 nitrogen and oxygen atoms in total. The first-order valence-corrected chi connectivity index (χ1v) is 21.1. The van der Waals surface area contributed by atoms with Crippen LogP contribution in [0.2, 0.25) is 0 Å². The predicted molar refractivity (Wildman–Crippen MR) is 227 cm³/mol. The summed E-state index contributed by atoms with van der Waals surface area (Å²) in [5, 5.41) is 13.3. The number of piperazine rings is 1. The Morgan fingerprint density at radius 1 is 0.778 bits per heavy atom. The van der Waals surface area contributed by atoms with Crippen LogP contribution in [-0.2, 0) is 47.8 Å². The van der Waals surface area contributed by atoms with Crippen molar-refractivity contribution >= 4 is 59.2 Å². The number of amides is 10. The van der Waals surface area contributed by atoms with Crippen molar-refractivity contribution in [3.8, 4) is 0 Å². The zero-order valence-corrected chi connectivity index (χ0v) is 36.9. The standard InChI is InChI=1S/C41H64N10O12/c1-27(2)35(47-32(53)15-23-61-25-26-62-24-17-43-31(52)14-18-51-33(54)12-13-34(51)55)38(57)46-30(7-6-16-44-40(42)59)37(56)45-29-10-8-28(9-11-29)36(63-41(60)48(3)4)39(58)50-21-19-49(5)20-22-50/h8-11,27,30,35-36H,6-7,12-26H2,1-5H3,(H,43,52)(H,45,56)(H,46,57)(H,47,53)(H3,42,44,59)/t30-,35-,36?/m0/s1. The third-order valence-corrected chi connectivity index (χ3v) is 10.1. The Morgan fingerprint density at radius 3 is 2.02 bits per heavy atom. The van der Waals surface area contributed by atoms with Crippen LogP contribution in [0, 0.1) is 5.92 Å². The Bertz CT molecular complexity index is 1720. The molecule has 10 amide bonds. The Balaban J connectivity index is 1.50. The third-order valence-electron chi connectivity index (χ3n) is 10.1. The fourth-order valence-corrected chi connectivity index (χ4v) is 6.38. The summed E-state index contributed by atoms with van der Waals surface area (Å²) < 4.78 is 16.5. The summed E-state index contributed by atoms with van der Waals surface area (Å²) in [6.07, 6.45) is -1.26. The number of nitrogens with zero attached hydrogens (tertiary/aromatic N) is 4. The average molecular weight is 889 g/mol. The van der Waals surface area contributed by atoms with Crippen LogP contribution < -0.4 is 32.3 Å². The molecule has 2 heterocycles. The Kier molecular flexibility index (Phi) is 21.7. The van der Waals surface area contributed by atoms with E-state index in [-0.39, 0.29) is 114 Å². The van der Waals surface area contributed by atoms with Gasteiger partial charge in [-0.25, -0.2) is 9.59 Å². The second kappa shape index (κ2) is 26.6. The number of carbonyl (C=O) groups excluding carboxylic acids is 9. The molecule has 0 aliphatic carbocycles. The highest BCUT2D eigenvalue weighted by Gasteiger charge is 2.33. The number of nitrogens with one attached hydrogen (secondary N) is 5. The van der Waals surface area contributed by atoms with Crippen molar-refractivity contribution in [3.05, 3.63) is 29.8 Å². The zero-order chi connectivity index (χ0) is 46.5. The minimum Gasteiger partial charge on any atom is -0.431 e. The lowest BCUT2D eigenvalue weighted by molar-refractivity contribution is -0.143. The molecule has 63 heavy (non-hydrogen) atoms. The molecule has 2 aliphatic heterocycles. The van der Waals surface area contributed by atoms with Gasteiger partial charge < -0.3 is 61.2 Å². The molecule has 0 aromatic heterocycles. The predicted octanol–water partition coefficient (Wildman–Crippen LogP) is -0.709. The molecule has 3 rings (SSSR count). The number of nitrogens with two attached hydrogens (primary N) is 1. The molecule has 22 heteroatoms. The van der Waals surface area contributed by atoms with Crippen LogP contribution >= 0.6 is 0 Å². The Labute approximate surface area is 367 Å². The van der Waals surface area contributed by atoms with E-state index < -0.39 is 48.0 Å². The minimum atomic E-state index is -1.22. The van der Waals surface area contributed by atoms with Gasteiger partial charge in [-0.15, -0.1) is 0 Å². The van der Waals surface area contributed by atoms with Crippen LogP contribution in [0.4, 0.5) is 15.3 Å². The number of anilines is 1. The topological polar surface area (TPSA) is 280 Å². The van der Waals surface area contributed by atoms with Crippen LogP contribution in [0.5, 0.6) is 0 Å². The fraction of sp³-hybridized carbons (Fsp3) is 0.634. The molecule has 0 spiro atoms. The van der Waals surface area contributed by atoms with Gasteiger partial charge in [-0.05, 0) is 37.9 Å². The van der Waals surface area contributed by atoms with Crippen molar-refractivity contribution in [2.75, 3.05) is 98.7 Å². The maximum absolute atomic E-state index is 13.6. The summed E-state index contributed by atoms with van der Waals surface area (Å²) in [4.78, 5) is 119. The number of benzene rings is 1. The maximum atomic E-state index is 13.6. The third kappa shape index (κ3) is 18.2. The van der Waals surface area contributed by atoms with Gasteiger partial charge in [0.05, 0.1) is 26.4 Å². The van der Waals surface area contributed by atoms with Crippen molar-refractivity contribution < 1.29 is 57.4 Å². The number of ether oxygens (including phenoxy) is 3. The smallest absolute Gasteiger partial charge is 0.410 e. The van der Waals surface area contributed by atoms with Crippen LogP contribution in [0.3, 0.4) is 0 Å².